The number of benzene rings is 1. The summed E-state index contributed by atoms with van der Waals surface area (Å²) < 4.78 is 5.72. The molecule has 0 amide bonds. The van der Waals surface area contributed by atoms with E-state index in [9.17, 15) is 0 Å². The maximum absolute atomic E-state index is 5.70. The number of hydrogen-bond acceptors (Lipinski definition) is 3. The fourth-order valence-corrected chi connectivity index (χ4v) is 1.80. The van der Waals surface area contributed by atoms with Crippen LogP contribution in [0.4, 0.5) is 0 Å². The Balaban J connectivity index is 2.31. The predicted molar refractivity (Wildman–Crippen MR) is 86.6 cm³/mol. The first-order valence-corrected chi connectivity index (χ1v) is 7.30. The smallest absolute Gasteiger partial charge is 0.119 e. The molecule has 0 saturated heterocycles. The molecule has 0 aliphatic heterocycles. The molecule has 1 rings (SSSR count). The van der Waals surface area contributed by atoms with Gasteiger partial charge >= 0.3 is 0 Å². The summed E-state index contributed by atoms with van der Waals surface area (Å²) in [4.78, 5) is 0. The van der Waals surface area contributed by atoms with Gasteiger partial charge in [-0.25, -0.2) is 0 Å². The third-order valence-electron chi connectivity index (χ3n) is 2.83. The van der Waals surface area contributed by atoms with Gasteiger partial charge in [-0.1, -0.05) is 32.9 Å². The topological polar surface area (TPSA) is 21.3 Å². The minimum absolute atomic E-state index is 0.0222. The molecular formula is C16H27NOS. The van der Waals surface area contributed by atoms with E-state index in [0.717, 1.165) is 18.8 Å². The van der Waals surface area contributed by atoms with E-state index in [1.54, 1.807) is 0 Å². The lowest BCUT2D eigenvalue weighted by molar-refractivity contribution is 0.312. The number of thiol groups is 1. The average molecular weight is 281 g/mol. The Kier molecular flexibility index (Phi) is 5.75. The van der Waals surface area contributed by atoms with Gasteiger partial charge in [-0.05, 0) is 37.0 Å². The molecule has 0 radical (unpaired) electrons. The van der Waals surface area contributed by atoms with Crippen LogP contribution in [0.1, 0.15) is 40.2 Å². The first-order chi connectivity index (χ1) is 8.68. The molecule has 0 atom stereocenters. The molecule has 108 valence electrons. The molecule has 19 heavy (non-hydrogen) atoms. The fraction of sp³-hybridized carbons (Fsp3) is 0.625. The van der Waals surface area contributed by atoms with Crippen LogP contribution in [0.25, 0.3) is 0 Å². The molecule has 1 aromatic carbocycles. The minimum Gasteiger partial charge on any atom is -0.492 e. The van der Waals surface area contributed by atoms with Gasteiger partial charge < -0.3 is 10.1 Å². The van der Waals surface area contributed by atoms with Crippen molar-refractivity contribution in [2.75, 3.05) is 19.7 Å². The van der Waals surface area contributed by atoms with E-state index in [0.29, 0.717) is 6.61 Å². The first kappa shape index (κ1) is 16.4. The average Bonchev–Trinajstić information content (AvgIpc) is 2.26. The van der Waals surface area contributed by atoms with Gasteiger partial charge in [-0.3, -0.25) is 0 Å². The second-order valence-electron chi connectivity index (χ2n) is 6.61. The highest BCUT2D eigenvalue weighted by molar-refractivity contribution is 7.81. The van der Waals surface area contributed by atoms with Gasteiger partial charge in [0.2, 0.25) is 0 Å². The quantitative estimate of drug-likeness (QED) is 0.613. The molecule has 1 N–H and O–H groups in total. The van der Waals surface area contributed by atoms with Crippen molar-refractivity contribution in [3.8, 4) is 5.75 Å². The highest BCUT2D eigenvalue weighted by atomic mass is 32.1. The summed E-state index contributed by atoms with van der Waals surface area (Å²) in [6.45, 7) is 13.2. The molecule has 0 aromatic heterocycles. The molecule has 0 unspecified atom stereocenters. The Morgan fingerprint density at radius 2 is 1.63 bits per heavy atom. The number of ether oxygens (including phenoxy) is 1. The normalized spacial score (nSPS) is 12.5. The Bertz CT molecular complexity index is 373. The molecule has 0 spiro atoms. The first-order valence-electron chi connectivity index (χ1n) is 6.85. The van der Waals surface area contributed by atoms with Gasteiger partial charge in [-0.2, -0.15) is 12.6 Å². The lowest BCUT2D eigenvalue weighted by Gasteiger charge is -2.19. The standard InChI is InChI=1S/C16H27NOS/c1-15(2,3)13-6-8-14(9-7-13)18-11-10-17-12-16(4,5)19/h6-9,17,19H,10-12H2,1-5H3. The van der Waals surface area contributed by atoms with Crippen LogP contribution >= 0.6 is 12.6 Å². The highest BCUT2D eigenvalue weighted by Crippen LogP contribution is 2.24. The molecule has 2 nitrogen and oxygen atoms in total. The van der Waals surface area contributed by atoms with Crippen molar-refractivity contribution in [2.45, 2.75) is 44.8 Å². The van der Waals surface area contributed by atoms with Gasteiger partial charge in [0.15, 0.2) is 0 Å². The molecule has 1 aromatic rings. The van der Waals surface area contributed by atoms with Gasteiger partial charge in [0, 0.05) is 17.8 Å². The second-order valence-corrected chi connectivity index (χ2v) is 7.82. The summed E-state index contributed by atoms with van der Waals surface area (Å²) in [5.41, 5.74) is 1.52. The third-order valence-corrected chi connectivity index (χ3v) is 2.98. The second kappa shape index (κ2) is 6.67. The summed E-state index contributed by atoms with van der Waals surface area (Å²) in [5, 5.41) is 3.33. The van der Waals surface area contributed by atoms with Crippen molar-refractivity contribution in [3.63, 3.8) is 0 Å². The molecule has 0 bridgehead atoms. The van der Waals surface area contributed by atoms with Crippen LogP contribution in [0, 0.1) is 0 Å². The molecule has 3 heteroatoms. The zero-order valence-corrected chi connectivity index (χ0v) is 13.7. The lowest BCUT2D eigenvalue weighted by atomic mass is 9.87. The summed E-state index contributed by atoms with van der Waals surface area (Å²) in [6, 6.07) is 8.37. The number of rotatable bonds is 6. The van der Waals surface area contributed by atoms with E-state index in [-0.39, 0.29) is 10.2 Å². The Morgan fingerprint density at radius 3 is 2.11 bits per heavy atom. The van der Waals surface area contributed by atoms with Crippen LogP contribution in [0.15, 0.2) is 24.3 Å². The number of hydrogen-bond donors (Lipinski definition) is 2. The zero-order chi connectivity index (χ0) is 14.5. The fourth-order valence-electron chi connectivity index (χ4n) is 1.69. The monoisotopic (exact) mass is 281 g/mol. The van der Waals surface area contributed by atoms with Gasteiger partial charge in [-0.15, -0.1) is 0 Å². The van der Waals surface area contributed by atoms with Crippen LogP contribution in [-0.2, 0) is 5.41 Å². The summed E-state index contributed by atoms with van der Waals surface area (Å²) in [7, 11) is 0. The van der Waals surface area contributed by atoms with Crippen LogP contribution in [0.5, 0.6) is 5.75 Å². The van der Waals surface area contributed by atoms with Gasteiger partial charge in [0.25, 0.3) is 0 Å². The van der Waals surface area contributed by atoms with E-state index < -0.39 is 0 Å². The van der Waals surface area contributed by atoms with E-state index in [2.05, 4.69) is 64.7 Å². The summed E-state index contributed by atoms with van der Waals surface area (Å²) in [5.74, 6) is 0.930. The largest absolute Gasteiger partial charge is 0.492 e. The van der Waals surface area contributed by atoms with Crippen molar-refractivity contribution in [2.24, 2.45) is 0 Å². The zero-order valence-electron chi connectivity index (χ0n) is 12.8. The molecule has 0 aliphatic carbocycles. The van der Waals surface area contributed by atoms with Crippen LogP contribution in [-0.4, -0.2) is 24.4 Å². The minimum atomic E-state index is 0.0222. The predicted octanol–water partition coefficient (Wildman–Crippen LogP) is 3.66. The van der Waals surface area contributed by atoms with E-state index in [1.807, 2.05) is 12.1 Å². The van der Waals surface area contributed by atoms with Gasteiger partial charge in [0.05, 0.1) is 0 Å². The number of nitrogens with one attached hydrogen (secondary N) is 1. The van der Waals surface area contributed by atoms with E-state index in [1.165, 1.54) is 5.56 Å². The Morgan fingerprint density at radius 1 is 1.05 bits per heavy atom. The van der Waals surface area contributed by atoms with Crippen molar-refractivity contribution < 1.29 is 4.74 Å². The maximum atomic E-state index is 5.70. The lowest BCUT2D eigenvalue weighted by Crippen LogP contribution is -2.32. The molecule has 0 heterocycles. The Hall–Kier alpha value is -0.670. The molecular weight excluding hydrogens is 254 g/mol. The summed E-state index contributed by atoms with van der Waals surface area (Å²) in [6.07, 6.45) is 0. The van der Waals surface area contributed by atoms with E-state index >= 15 is 0 Å². The van der Waals surface area contributed by atoms with Crippen LogP contribution in [0.2, 0.25) is 0 Å². The van der Waals surface area contributed by atoms with Crippen molar-refractivity contribution in [1.29, 1.82) is 0 Å². The highest BCUT2D eigenvalue weighted by Gasteiger charge is 2.13. The van der Waals surface area contributed by atoms with Gasteiger partial charge in [0.1, 0.15) is 12.4 Å². The molecule has 0 fully saturated rings. The van der Waals surface area contributed by atoms with Crippen molar-refractivity contribution in [1.82, 2.24) is 5.32 Å². The van der Waals surface area contributed by atoms with Crippen molar-refractivity contribution >= 4 is 12.6 Å². The van der Waals surface area contributed by atoms with E-state index in [4.69, 9.17) is 4.74 Å². The Labute approximate surface area is 123 Å². The molecule has 0 saturated carbocycles. The molecule has 0 aliphatic rings. The third kappa shape index (κ3) is 6.88. The van der Waals surface area contributed by atoms with Crippen molar-refractivity contribution in [3.05, 3.63) is 29.8 Å². The summed E-state index contributed by atoms with van der Waals surface area (Å²) >= 11 is 4.46. The SMILES string of the molecule is CC(C)(S)CNCCOc1ccc(C(C)(C)C)cc1. The van der Waals surface area contributed by atoms with Crippen LogP contribution < -0.4 is 10.1 Å². The van der Waals surface area contributed by atoms with Crippen LogP contribution in [0.3, 0.4) is 0 Å². The maximum Gasteiger partial charge on any atom is 0.119 e.